The van der Waals surface area contributed by atoms with E-state index in [-0.39, 0.29) is 12.3 Å². The first-order valence-electron chi connectivity index (χ1n) is 9.74. The number of anilines is 1. The minimum absolute atomic E-state index is 0.266. The summed E-state index contributed by atoms with van der Waals surface area (Å²) >= 11 is 0. The van der Waals surface area contributed by atoms with Crippen LogP contribution in [0.1, 0.15) is 25.3 Å². The second-order valence-electron chi connectivity index (χ2n) is 7.06. The van der Waals surface area contributed by atoms with Crippen molar-refractivity contribution in [1.82, 2.24) is 25.0 Å². The van der Waals surface area contributed by atoms with Gasteiger partial charge in [-0.05, 0) is 25.0 Å². The van der Waals surface area contributed by atoms with Gasteiger partial charge in [-0.2, -0.15) is 5.10 Å². The fourth-order valence-corrected chi connectivity index (χ4v) is 3.55. The maximum Gasteiger partial charge on any atom is 0.325 e. The molecule has 2 N–H and O–H groups in total. The maximum atomic E-state index is 12.1. The Hall–Kier alpha value is -3.14. The fourth-order valence-electron chi connectivity index (χ4n) is 3.55. The molecule has 0 radical (unpaired) electrons. The zero-order valence-electron chi connectivity index (χ0n) is 16.0. The van der Waals surface area contributed by atoms with Crippen LogP contribution >= 0.6 is 0 Å². The Morgan fingerprint density at radius 2 is 1.93 bits per heavy atom. The lowest BCUT2D eigenvalue weighted by molar-refractivity contribution is -0.120. The maximum absolute atomic E-state index is 12.1. The van der Waals surface area contributed by atoms with E-state index in [0.29, 0.717) is 43.0 Å². The highest BCUT2D eigenvalue weighted by atomic mass is 16.6. The number of ether oxygens (including phenoxy) is 2. The molecule has 3 amide bonds. The van der Waals surface area contributed by atoms with E-state index >= 15 is 0 Å². The fraction of sp³-hybridized carbons (Fsp3) is 0.474. The molecule has 0 bridgehead atoms. The number of hydrogen-bond donors (Lipinski definition) is 2. The second kappa shape index (κ2) is 8.91. The van der Waals surface area contributed by atoms with Gasteiger partial charge in [0, 0.05) is 37.8 Å². The van der Waals surface area contributed by atoms with Crippen LogP contribution in [0, 0.1) is 0 Å². The summed E-state index contributed by atoms with van der Waals surface area (Å²) in [6.45, 7) is 3.37. The molecule has 1 fully saturated rings. The Morgan fingerprint density at radius 3 is 2.69 bits per heavy atom. The van der Waals surface area contributed by atoms with Crippen LogP contribution in [-0.4, -0.2) is 64.5 Å². The Balaban J connectivity index is 1.17. The molecule has 0 atom stereocenters. The molecule has 0 saturated carbocycles. The van der Waals surface area contributed by atoms with Gasteiger partial charge >= 0.3 is 6.03 Å². The number of aromatic nitrogens is 3. The predicted octanol–water partition coefficient (Wildman–Crippen LogP) is 1.42. The smallest absolute Gasteiger partial charge is 0.325 e. The normalized spacial score (nSPS) is 17.0. The Labute approximate surface area is 168 Å². The van der Waals surface area contributed by atoms with E-state index in [9.17, 15) is 9.59 Å². The lowest BCUT2D eigenvalue weighted by Gasteiger charge is -2.31. The summed E-state index contributed by atoms with van der Waals surface area (Å²) in [5, 5.41) is 9.21. The number of fused-ring (bicyclic) bond motifs is 1. The third kappa shape index (κ3) is 5.02. The molecular weight excluding hydrogens is 376 g/mol. The lowest BCUT2D eigenvalue weighted by Crippen LogP contribution is -2.39. The van der Waals surface area contributed by atoms with Crippen LogP contribution in [0.15, 0.2) is 30.9 Å². The van der Waals surface area contributed by atoms with Crippen LogP contribution in [0.25, 0.3) is 0 Å². The van der Waals surface area contributed by atoms with Gasteiger partial charge in [-0.25, -0.2) is 14.5 Å². The number of nitrogens with zero attached hydrogens (tertiary/aromatic N) is 4. The minimum atomic E-state index is -0.559. The van der Waals surface area contributed by atoms with Crippen LogP contribution in [-0.2, 0) is 4.79 Å². The van der Waals surface area contributed by atoms with Gasteiger partial charge in [0.1, 0.15) is 25.9 Å². The minimum Gasteiger partial charge on any atom is -0.486 e. The molecule has 3 heterocycles. The predicted molar refractivity (Wildman–Crippen MR) is 104 cm³/mol. The molecule has 2 aliphatic heterocycles. The average molecular weight is 400 g/mol. The van der Waals surface area contributed by atoms with Gasteiger partial charge in [0.25, 0.3) is 0 Å². The van der Waals surface area contributed by atoms with E-state index in [1.165, 1.54) is 0 Å². The summed E-state index contributed by atoms with van der Waals surface area (Å²) in [7, 11) is 0. The number of nitrogens with one attached hydrogen (secondary N) is 2. The number of piperidine rings is 1. The van der Waals surface area contributed by atoms with Crippen molar-refractivity contribution in [2.75, 3.05) is 38.2 Å². The zero-order chi connectivity index (χ0) is 20.1. The lowest BCUT2D eigenvalue weighted by atomic mass is 10.1. The molecule has 4 rings (SSSR count). The van der Waals surface area contributed by atoms with Crippen LogP contribution < -0.4 is 20.1 Å². The van der Waals surface area contributed by atoms with E-state index < -0.39 is 6.03 Å². The van der Waals surface area contributed by atoms with Gasteiger partial charge in [0.05, 0.1) is 6.04 Å². The summed E-state index contributed by atoms with van der Waals surface area (Å²) in [5.74, 6) is 0.916. The van der Waals surface area contributed by atoms with E-state index in [1.807, 2.05) is 4.68 Å². The number of imide groups is 1. The van der Waals surface area contributed by atoms with E-state index in [1.54, 1.807) is 30.9 Å². The van der Waals surface area contributed by atoms with E-state index in [4.69, 9.17) is 9.47 Å². The molecule has 10 nitrogen and oxygen atoms in total. The monoisotopic (exact) mass is 400 g/mol. The van der Waals surface area contributed by atoms with Gasteiger partial charge in [0.15, 0.2) is 11.5 Å². The third-order valence-electron chi connectivity index (χ3n) is 5.08. The Bertz CT molecular complexity index is 848. The molecule has 1 aromatic carbocycles. The van der Waals surface area contributed by atoms with Crippen molar-refractivity contribution >= 4 is 17.6 Å². The molecule has 0 spiro atoms. The third-order valence-corrected chi connectivity index (χ3v) is 5.08. The van der Waals surface area contributed by atoms with Crippen molar-refractivity contribution in [2.45, 2.75) is 25.3 Å². The van der Waals surface area contributed by atoms with Crippen LogP contribution in [0.2, 0.25) is 0 Å². The Morgan fingerprint density at radius 1 is 1.14 bits per heavy atom. The van der Waals surface area contributed by atoms with E-state index in [2.05, 4.69) is 25.6 Å². The average Bonchev–Trinajstić information content (AvgIpc) is 3.27. The number of urea groups is 1. The highest BCUT2D eigenvalue weighted by molar-refractivity contribution is 6.01. The first kappa shape index (κ1) is 19.2. The number of likely N-dealkylation sites (tertiary alicyclic amines) is 1. The van der Waals surface area contributed by atoms with Crippen LogP contribution in [0.4, 0.5) is 10.5 Å². The highest BCUT2D eigenvalue weighted by Gasteiger charge is 2.21. The molecule has 1 saturated heterocycles. The van der Waals surface area contributed by atoms with Crippen molar-refractivity contribution < 1.29 is 19.1 Å². The van der Waals surface area contributed by atoms with Crippen molar-refractivity contribution in [1.29, 1.82) is 0 Å². The molecule has 29 heavy (non-hydrogen) atoms. The number of benzene rings is 1. The standard InChI is InChI=1S/C19H24N6O4/c26-18(5-8-24-6-3-15(4-7-24)25-13-20-12-21-25)23-19(27)22-14-1-2-16-17(11-14)29-10-9-28-16/h1-2,11-13,15H,3-10H2,(H2,22,23,26,27). The molecule has 0 aliphatic carbocycles. The van der Waals surface area contributed by atoms with Gasteiger partial charge < -0.3 is 19.7 Å². The number of rotatable bonds is 5. The molecule has 0 unspecified atom stereocenters. The number of carbonyl (C=O) groups excluding carboxylic acids is 2. The highest BCUT2D eigenvalue weighted by Crippen LogP contribution is 2.32. The number of hydrogen-bond acceptors (Lipinski definition) is 7. The largest absolute Gasteiger partial charge is 0.486 e. The van der Waals surface area contributed by atoms with Gasteiger partial charge in [-0.3, -0.25) is 10.1 Å². The zero-order valence-corrected chi connectivity index (χ0v) is 16.0. The molecule has 1 aromatic heterocycles. The van der Waals surface area contributed by atoms with Gasteiger partial charge in [-0.1, -0.05) is 0 Å². The molecule has 154 valence electrons. The topological polar surface area (TPSA) is 111 Å². The summed E-state index contributed by atoms with van der Waals surface area (Å²) in [6.07, 6.45) is 5.49. The van der Waals surface area contributed by atoms with E-state index in [0.717, 1.165) is 25.9 Å². The molecule has 2 aliphatic rings. The summed E-state index contributed by atoms with van der Waals surface area (Å²) in [5.41, 5.74) is 0.537. The van der Waals surface area contributed by atoms with Crippen LogP contribution in [0.3, 0.4) is 0 Å². The van der Waals surface area contributed by atoms with Crippen molar-refractivity contribution in [2.24, 2.45) is 0 Å². The quantitative estimate of drug-likeness (QED) is 0.781. The summed E-state index contributed by atoms with van der Waals surface area (Å²) < 4.78 is 12.8. The number of amides is 3. The van der Waals surface area contributed by atoms with Crippen molar-refractivity contribution in [3.8, 4) is 11.5 Å². The number of carbonyl (C=O) groups is 2. The first-order valence-corrected chi connectivity index (χ1v) is 9.74. The first-order chi connectivity index (χ1) is 14.2. The van der Waals surface area contributed by atoms with Gasteiger partial charge in [-0.15, -0.1) is 0 Å². The summed E-state index contributed by atoms with van der Waals surface area (Å²) in [4.78, 5) is 30.4. The second-order valence-corrected chi connectivity index (χ2v) is 7.06. The van der Waals surface area contributed by atoms with Crippen molar-refractivity contribution in [3.63, 3.8) is 0 Å². The SMILES string of the molecule is O=C(CCN1CCC(n2cncn2)CC1)NC(=O)Nc1ccc2c(c1)OCCO2. The van der Waals surface area contributed by atoms with Crippen LogP contribution in [0.5, 0.6) is 11.5 Å². The molecule has 10 heteroatoms. The summed E-state index contributed by atoms with van der Waals surface area (Å²) in [6, 6.07) is 4.92. The van der Waals surface area contributed by atoms with Gasteiger partial charge in [0.2, 0.25) is 5.91 Å². The van der Waals surface area contributed by atoms with Crippen molar-refractivity contribution in [3.05, 3.63) is 30.9 Å². The Kier molecular flexibility index (Phi) is 5.89. The molecular formula is C19H24N6O4. The molecule has 2 aromatic rings.